The Morgan fingerprint density at radius 1 is 0.892 bits per heavy atom. The molecule has 0 spiro atoms. The topological polar surface area (TPSA) is 350 Å². The average molecular weight is 931 g/mol. The maximum atomic E-state index is 13.1. The molecule has 14 atom stereocenters. The highest BCUT2D eigenvalue weighted by atomic mass is 17.5. The molecule has 4 aliphatic heterocycles. The second-order valence-electron chi connectivity index (χ2n) is 15.7. The number of amides is 3. The number of carbonyl (C=O) groups excluding carboxylic acids is 3. The van der Waals surface area contributed by atoms with Crippen LogP contribution in [0, 0.1) is 11.8 Å². The summed E-state index contributed by atoms with van der Waals surface area (Å²) in [5.41, 5.74) is 0.416. The minimum atomic E-state index is -1.92. The fraction of sp³-hybridized carbons (Fsp3) is 0.718. The Bertz CT molecular complexity index is 1760. The van der Waals surface area contributed by atoms with Crippen LogP contribution in [0.25, 0.3) is 0 Å². The second kappa shape index (κ2) is 24.4. The molecule has 0 aliphatic carbocycles. The quantitative estimate of drug-likeness (QED) is 0.0141. The minimum Gasteiger partial charge on any atom is -0.481 e. The number of unbranched alkanes of at least 4 members (excludes halogenated alkanes) is 2. The second-order valence-corrected chi connectivity index (χ2v) is 15.7. The van der Waals surface area contributed by atoms with Gasteiger partial charge in [-0.05, 0) is 26.3 Å². The Morgan fingerprint density at radius 3 is 2.22 bits per heavy atom. The van der Waals surface area contributed by atoms with Gasteiger partial charge in [-0.2, -0.15) is 4.89 Å². The molecule has 4 fully saturated rings. The zero-order chi connectivity index (χ0) is 47.4. The van der Waals surface area contributed by atoms with Crippen LogP contribution in [-0.2, 0) is 75.4 Å². The standard InChI is InChI=1S/C39H58N6O20/c1-4-21-26-27(22(5-2)60-21)36(54)45(35(26)53)12-8-6-7-11-43(24(47)9-10-25(48)49)17-20-18-44(42-41-20)13-14-58-15-16-59-39-31(52)30(51)33(34(63-39)37(55)56)62-38-28(40-3)32(64-65-57)29(50)23(19-46)61-38/h4-5,18,21-23,26-34,38-40,46,50-52,57H,1-2,6-17,19H2,3H3,(H,48,49)(H,55,56)/t21-,22+,23?,26+,27-,28?,29-,30-,31?,32-,33+,34?,38-,39-/m1/s1. The van der Waals surface area contributed by atoms with Crippen LogP contribution in [0.5, 0.6) is 0 Å². The number of aliphatic carboxylic acids is 2. The van der Waals surface area contributed by atoms with Crippen LogP contribution >= 0.6 is 0 Å². The zero-order valence-corrected chi connectivity index (χ0v) is 35.6. The number of aromatic nitrogens is 3. The summed E-state index contributed by atoms with van der Waals surface area (Å²) in [6, 6.07) is -1.16. The van der Waals surface area contributed by atoms with E-state index in [1.54, 1.807) is 6.20 Å². The Hall–Kier alpha value is -4.39. The molecule has 4 aliphatic rings. The van der Waals surface area contributed by atoms with Crippen molar-refractivity contribution in [3.05, 3.63) is 37.2 Å². The number of ether oxygens (including phenoxy) is 6. The molecule has 364 valence electrons. The van der Waals surface area contributed by atoms with Crippen LogP contribution < -0.4 is 5.32 Å². The lowest BCUT2D eigenvalue weighted by molar-refractivity contribution is -0.522. The van der Waals surface area contributed by atoms with Crippen LogP contribution in [0.2, 0.25) is 0 Å². The molecule has 26 heteroatoms. The van der Waals surface area contributed by atoms with E-state index in [2.05, 4.69) is 33.8 Å². The number of hydrogen-bond donors (Lipinski definition) is 8. The number of aliphatic hydroxyl groups is 4. The summed E-state index contributed by atoms with van der Waals surface area (Å²) in [7, 11) is 1.39. The van der Waals surface area contributed by atoms with Gasteiger partial charge in [0.1, 0.15) is 42.3 Å². The van der Waals surface area contributed by atoms with Crippen LogP contribution in [0.4, 0.5) is 0 Å². The molecule has 4 unspecified atom stereocenters. The SMILES string of the molecule is C=C[C@@H]1O[C@H](C=C)[C@@H]2C(=O)N(CCCCCN(Cc3cn(CCOCCO[C@@H]4OC(C(=O)O)[C@@H](O[C@H]5OC(CO)[C@@H](O)[C@H](OOO)C5NC)[C@H](O)C4O)nn3)C(=O)CCC(=O)O)C(=O)[C@@H]21. The van der Waals surface area contributed by atoms with Crippen molar-refractivity contribution < 1.29 is 98.2 Å². The smallest absolute Gasteiger partial charge is 0.335 e. The largest absolute Gasteiger partial charge is 0.481 e. The van der Waals surface area contributed by atoms with Gasteiger partial charge in [-0.3, -0.25) is 24.1 Å². The highest BCUT2D eigenvalue weighted by Gasteiger charge is 2.58. The van der Waals surface area contributed by atoms with Crippen molar-refractivity contribution in [3.63, 3.8) is 0 Å². The molecule has 0 aromatic carbocycles. The van der Waals surface area contributed by atoms with E-state index in [0.29, 0.717) is 25.0 Å². The fourth-order valence-corrected chi connectivity index (χ4v) is 8.18. The van der Waals surface area contributed by atoms with Gasteiger partial charge in [0.2, 0.25) is 17.7 Å². The van der Waals surface area contributed by atoms with Gasteiger partial charge in [0, 0.05) is 19.5 Å². The third kappa shape index (κ3) is 12.5. The number of aliphatic hydroxyl groups excluding tert-OH is 4. The van der Waals surface area contributed by atoms with Crippen molar-refractivity contribution in [2.45, 2.75) is 119 Å². The first-order valence-corrected chi connectivity index (χ1v) is 21.0. The third-order valence-corrected chi connectivity index (χ3v) is 11.5. The molecule has 3 amide bonds. The van der Waals surface area contributed by atoms with Gasteiger partial charge in [-0.1, -0.05) is 22.4 Å². The van der Waals surface area contributed by atoms with Gasteiger partial charge >= 0.3 is 11.9 Å². The van der Waals surface area contributed by atoms with Crippen LogP contribution in [-0.4, -0.2) is 210 Å². The lowest BCUT2D eigenvalue weighted by Gasteiger charge is -2.46. The normalized spacial score (nSPS) is 32.4. The third-order valence-electron chi connectivity index (χ3n) is 11.5. The number of fused-ring (bicyclic) bond motifs is 1. The maximum absolute atomic E-state index is 13.1. The number of likely N-dealkylation sites (N-methyl/N-ethyl adjacent to an activating group) is 1. The zero-order valence-electron chi connectivity index (χ0n) is 35.6. The average Bonchev–Trinajstić information content (AvgIpc) is 3.97. The molecular weight excluding hydrogens is 872 g/mol. The first kappa shape index (κ1) is 51.6. The van der Waals surface area contributed by atoms with Gasteiger partial charge in [-0.15, -0.1) is 18.3 Å². The van der Waals surface area contributed by atoms with Gasteiger partial charge in [0.15, 0.2) is 18.7 Å². The Kier molecular flexibility index (Phi) is 19.4. The molecule has 65 heavy (non-hydrogen) atoms. The van der Waals surface area contributed by atoms with E-state index in [4.69, 9.17) is 43.7 Å². The summed E-state index contributed by atoms with van der Waals surface area (Å²) in [4.78, 5) is 70.1. The summed E-state index contributed by atoms with van der Waals surface area (Å²) in [5, 5.41) is 84.3. The van der Waals surface area contributed by atoms with Gasteiger partial charge in [-0.25, -0.2) is 14.7 Å². The predicted octanol–water partition coefficient (Wildman–Crippen LogP) is -3.21. The Labute approximate surface area is 372 Å². The number of carbonyl (C=O) groups is 5. The molecule has 1 aromatic heterocycles. The molecule has 1 aromatic rings. The highest BCUT2D eigenvalue weighted by Crippen LogP contribution is 2.41. The van der Waals surface area contributed by atoms with Gasteiger partial charge in [0.05, 0.1) is 82.2 Å². The molecule has 4 saturated heterocycles. The number of nitrogens with zero attached hydrogens (tertiary/aromatic N) is 5. The summed E-state index contributed by atoms with van der Waals surface area (Å²) in [6.45, 7) is 7.16. The number of rotatable bonds is 27. The first-order valence-electron chi connectivity index (χ1n) is 21.0. The van der Waals surface area contributed by atoms with Crippen molar-refractivity contribution in [2.24, 2.45) is 11.8 Å². The lowest BCUT2D eigenvalue weighted by Crippen LogP contribution is -2.67. The summed E-state index contributed by atoms with van der Waals surface area (Å²) in [6.07, 6.45) is -10.5. The lowest BCUT2D eigenvalue weighted by atomic mass is 9.89. The summed E-state index contributed by atoms with van der Waals surface area (Å²) < 4.78 is 35.0. The van der Waals surface area contributed by atoms with Crippen molar-refractivity contribution in [3.8, 4) is 0 Å². The van der Waals surface area contributed by atoms with Crippen molar-refractivity contribution in [1.82, 2.24) is 30.1 Å². The molecule has 26 nitrogen and oxygen atoms in total. The van der Waals surface area contributed by atoms with E-state index < -0.39 is 110 Å². The number of carboxylic acid groups (broad SMARTS) is 2. The number of carboxylic acids is 2. The molecule has 0 radical (unpaired) electrons. The number of likely N-dealkylation sites (tertiary alicyclic amines) is 1. The monoisotopic (exact) mass is 930 g/mol. The molecule has 5 heterocycles. The van der Waals surface area contributed by atoms with E-state index >= 15 is 0 Å². The Morgan fingerprint density at radius 2 is 1.60 bits per heavy atom. The molecular formula is C39H58N6O20. The van der Waals surface area contributed by atoms with E-state index in [1.807, 2.05) is 0 Å². The maximum Gasteiger partial charge on any atom is 0.335 e. The Balaban J connectivity index is 1.05. The molecule has 0 bridgehead atoms. The molecule has 5 rings (SSSR count). The number of hydrogen-bond acceptors (Lipinski definition) is 21. The minimum absolute atomic E-state index is 0.0357. The van der Waals surface area contributed by atoms with Crippen LogP contribution in [0.3, 0.4) is 0 Å². The van der Waals surface area contributed by atoms with Gasteiger partial charge in [0.25, 0.3) is 0 Å². The fourth-order valence-electron chi connectivity index (χ4n) is 8.18. The van der Waals surface area contributed by atoms with Crippen molar-refractivity contribution >= 4 is 29.7 Å². The molecule has 8 N–H and O–H groups in total. The molecule has 0 saturated carbocycles. The first-order chi connectivity index (χ1) is 31.2. The van der Waals surface area contributed by atoms with E-state index in [-0.39, 0.29) is 70.7 Å². The predicted molar refractivity (Wildman–Crippen MR) is 212 cm³/mol. The van der Waals surface area contributed by atoms with Crippen molar-refractivity contribution in [2.75, 3.05) is 46.6 Å². The summed E-state index contributed by atoms with van der Waals surface area (Å²) in [5.74, 6) is -5.02. The van der Waals surface area contributed by atoms with Gasteiger partial charge < -0.3 is 69.3 Å². The van der Waals surface area contributed by atoms with Crippen LogP contribution in [0.15, 0.2) is 31.5 Å². The number of imide groups is 1. The van der Waals surface area contributed by atoms with E-state index in [9.17, 15) is 49.5 Å². The van der Waals surface area contributed by atoms with Crippen molar-refractivity contribution in [1.29, 1.82) is 0 Å². The van der Waals surface area contributed by atoms with E-state index in [0.717, 1.165) is 0 Å². The summed E-state index contributed by atoms with van der Waals surface area (Å²) >= 11 is 0. The highest BCUT2D eigenvalue weighted by molar-refractivity contribution is 6.06. The van der Waals surface area contributed by atoms with Crippen LogP contribution in [0.1, 0.15) is 37.8 Å². The number of nitrogens with one attached hydrogen (secondary N) is 1. The van der Waals surface area contributed by atoms with E-state index in [1.165, 1.54) is 33.7 Å².